The zero-order chi connectivity index (χ0) is 19.7. The van der Waals surface area contributed by atoms with Crippen LogP contribution in [0.15, 0.2) is 47.4 Å². The normalized spacial score (nSPS) is 10.7. The Morgan fingerprint density at radius 2 is 1.74 bits per heavy atom. The number of halogens is 3. The third-order valence-corrected chi connectivity index (χ3v) is 3.83. The summed E-state index contributed by atoms with van der Waals surface area (Å²) in [6.45, 7) is 1.25. The smallest absolute Gasteiger partial charge is 0.270 e. The highest BCUT2D eigenvalue weighted by Crippen LogP contribution is 2.38. The van der Waals surface area contributed by atoms with Crippen LogP contribution in [0.4, 0.5) is 18.9 Å². The summed E-state index contributed by atoms with van der Waals surface area (Å²) in [5.41, 5.74) is -1.50. The van der Waals surface area contributed by atoms with Gasteiger partial charge in [-0.05, 0) is 25.1 Å². The molecule has 1 N–H and O–H groups in total. The van der Waals surface area contributed by atoms with Crippen molar-refractivity contribution in [1.82, 2.24) is 4.98 Å². The number of pyridine rings is 1. The molecule has 3 rings (SSSR count). The molecule has 0 aliphatic heterocycles. The van der Waals surface area contributed by atoms with Crippen LogP contribution < -0.4 is 10.3 Å². The van der Waals surface area contributed by atoms with Gasteiger partial charge < -0.3 is 9.72 Å². The number of H-pyrrole nitrogens is 1. The molecule has 0 bridgehead atoms. The highest BCUT2D eigenvalue weighted by atomic mass is 19.1. The van der Waals surface area contributed by atoms with Gasteiger partial charge in [-0.15, -0.1) is 0 Å². The molecule has 9 heteroatoms. The number of rotatable bonds is 4. The van der Waals surface area contributed by atoms with E-state index in [2.05, 4.69) is 4.98 Å². The molecule has 0 saturated carbocycles. The van der Waals surface area contributed by atoms with Gasteiger partial charge in [-0.2, -0.15) is 0 Å². The van der Waals surface area contributed by atoms with Gasteiger partial charge >= 0.3 is 0 Å². The van der Waals surface area contributed by atoms with Gasteiger partial charge in [0, 0.05) is 35.5 Å². The van der Waals surface area contributed by atoms with Gasteiger partial charge in [-0.3, -0.25) is 14.9 Å². The summed E-state index contributed by atoms with van der Waals surface area (Å²) >= 11 is 0. The molecular weight excluding hydrogens is 365 g/mol. The quantitative estimate of drug-likeness (QED) is 0.538. The topological polar surface area (TPSA) is 85.2 Å². The number of aromatic nitrogens is 1. The summed E-state index contributed by atoms with van der Waals surface area (Å²) in [5.74, 6) is -3.18. The Kier molecular flexibility index (Phi) is 4.68. The van der Waals surface area contributed by atoms with Gasteiger partial charge in [0.1, 0.15) is 17.4 Å². The number of hydrogen-bond donors (Lipinski definition) is 1. The van der Waals surface area contributed by atoms with E-state index in [0.717, 1.165) is 36.5 Å². The average Bonchev–Trinajstić information content (AvgIpc) is 2.62. The minimum absolute atomic E-state index is 0.0789. The standard InChI is InChI=1S/C18H11F3N2O4/c1-9-17(21)13(8-22-18(9)24)12-7-11(23(25)26)3-5-15(12)27-16-4-2-10(19)6-14(16)20/h2-8H,1H3,(H,22,24). The van der Waals surface area contributed by atoms with Gasteiger partial charge in [-0.1, -0.05) is 0 Å². The van der Waals surface area contributed by atoms with Crippen molar-refractivity contribution in [2.24, 2.45) is 0 Å². The van der Waals surface area contributed by atoms with Gasteiger partial charge in [0.15, 0.2) is 11.6 Å². The lowest BCUT2D eigenvalue weighted by Crippen LogP contribution is -2.12. The molecule has 0 atom stereocenters. The molecule has 0 unspecified atom stereocenters. The lowest BCUT2D eigenvalue weighted by molar-refractivity contribution is -0.384. The van der Waals surface area contributed by atoms with E-state index in [1.807, 2.05) is 0 Å². The van der Waals surface area contributed by atoms with Gasteiger partial charge in [0.25, 0.3) is 11.2 Å². The first-order chi connectivity index (χ1) is 12.8. The van der Waals surface area contributed by atoms with Crippen molar-refractivity contribution < 1.29 is 22.8 Å². The Labute approximate surface area is 150 Å². The largest absolute Gasteiger partial charge is 0.454 e. The fourth-order valence-electron chi connectivity index (χ4n) is 2.41. The van der Waals surface area contributed by atoms with E-state index in [1.54, 1.807) is 0 Å². The highest BCUT2D eigenvalue weighted by Gasteiger charge is 2.20. The fourth-order valence-corrected chi connectivity index (χ4v) is 2.41. The van der Waals surface area contributed by atoms with Crippen LogP contribution in [0, 0.1) is 34.5 Å². The molecule has 0 aliphatic carbocycles. The second-order valence-corrected chi connectivity index (χ2v) is 5.58. The van der Waals surface area contributed by atoms with Crippen LogP contribution in [-0.4, -0.2) is 9.91 Å². The van der Waals surface area contributed by atoms with Gasteiger partial charge in [0.05, 0.1) is 10.5 Å². The molecule has 0 amide bonds. The summed E-state index contributed by atoms with van der Waals surface area (Å²) in [7, 11) is 0. The van der Waals surface area contributed by atoms with Crippen molar-refractivity contribution in [2.45, 2.75) is 6.92 Å². The number of benzene rings is 2. The second kappa shape index (κ2) is 6.94. The van der Waals surface area contributed by atoms with Crippen LogP contribution in [0.3, 0.4) is 0 Å². The molecule has 1 aromatic heterocycles. The fraction of sp³-hybridized carbons (Fsp3) is 0.0556. The number of hydrogen-bond acceptors (Lipinski definition) is 4. The molecule has 27 heavy (non-hydrogen) atoms. The van der Waals surface area contributed by atoms with E-state index in [4.69, 9.17) is 4.74 Å². The number of nitrogens with one attached hydrogen (secondary N) is 1. The minimum Gasteiger partial charge on any atom is -0.454 e. The van der Waals surface area contributed by atoms with Crippen molar-refractivity contribution >= 4 is 5.69 Å². The van der Waals surface area contributed by atoms with Crippen molar-refractivity contribution in [2.75, 3.05) is 0 Å². The van der Waals surface area contributed by atoms with E-state index < -0.39 is 27.9 Å². The summed E-state index contributed by atoms with van der Waals surface area (Å²) in [6.07, 6.45) is 1.04. The van der Waals surface area contributed by atoms with Crippen LogP contribution >= 0.6 is 0 Å². The van der Waals surface area contributed by atoms with E-state index in [-0.39, 0.29) is 33.9 Å². The van der Waals surface area contributed by atoms with Crippen LogP contribution in [0.25, 0.3) is 11.1 Å². The Balaban J connectivity index is 2.19. The first-order valence-electron chi connectivity index (χ1n) is 7.57. The first kappa shape index (κ1) is 18.2. The predicted octanol–water partition coefficient (Wildman–Crippen LogP) is 4.47. The van der Waals surface area contributed by atoms with Crippen molar-refractivity contribution in [1.29, 1.82) is 0 Å². The van der Waals surface area contributed by atoms with Crippen LogP contribution in [0.1, 0.15) is 5.56 Å². The number of nitro groups is 1. The van der Waals surface area contributed by atoms with Crippen LogP contribution in [0.2, 0.25) is 0 Å². The Morgan fingerprint density at radius 3 is 2.41 bits per heavy atom. The summed E-state index contributed by atoms with van der Waals surface area (Å²) in [4.78, 5) is 24.2. The maximum atomic E-state index is 14.6. The van der Waals surface area contributed by atoms with Crippen molar-refractivity contribution in [3.8, 4) is 22.6 Å². The Morgan fingerprint density at radius 1 is 1.04 bits per heavy atom. The zero-order valence-corrected chi connectivity index (χ0v) is 13.8. The minimum atomic E-state index is -1.00. The second-order valence-electron chi connectivity index (χ2n) is 5.58. The molecular formula is C18H11F3N2O4. The molecule has 0 fully saturated rings. The molecule has 0 radical (unpaired) electrons. The lowest BCUT2D eigenvalue weighted by Gasteiger charge is -2.13. The van der Waals surface area contributed by atoms with E-state index >= 15 is 0 Å². The molecule has 0 aliphatic rings. The number of ether oxygens (including phenoxy) is 1. The summed E-state index contributed by atoms with van der Waals surface area (Å²) < 4.78 is 46.9. The number of nitrogens with zero attached hydrogens (tertiary/aromatic N) is 1. The number of nitro benzene ring substituents is 1. The maximum Gasteiger partial charge on any atom is 0.270 e. The molecule has 1 heterocycles. The maximum absolute atomic E-state index is 14.6. The van der Waals surface area contributed by atoms with E-state index in [1.165, 1.54) is 6.92 Å². The molecule has 3 aromatic rings. The number of aromatic amines is 1. The lowest BCUT2D eigenvalue weighted by atomic mass is 10.0. The van der Waals surface area contributed by atoms with Gasteiger partial charge in [0.2, 0.25) is 0 Å². The first-order valence-corrected chi connectivity index (χ1v) is 7.57. The van der Waals surface area contributed by atoms with Gasteiger partial charge in [-0.25, -0.2) is 13.2 Å². The summed E-state index contributed by atoms with van der Waals surface area (Å²) in [6, 6.07) is 5.89. The third-order valence-electron chi connectivity index (χ3n) is 3.83. The molecule has 6 nitrogen and oxygen atoms in total. The SMILES string of the molecule is Cc1c(F)c(-c2cc([N+](=O)[O-])ccc2Oc2ccc(F)cc2F)c[nH]c1=O. The van der Waals surface area contributed by atoms with E-state index in [9.17, 15) is 28.1 Å². The van der Waals surface area contributed by atoms with Crippen LogP contribution in [0.5, 0.6) is 11.5 Å². The molecule has 138 valence electrons. The van der Waals surface area contributed by atoms with Crippen molar-refractivity contribution in [3.05, 3.63) is 86.1 Å². The monoisotopic (exact) mass is 376 g/mol. The number of non-ortho nitro benzene ring substituents is 1. The summed E-state index contributed by atoms with van der Waals surface area (Å²) in [5, 5.41) is 11.1. The van der Waals surface area contributed by atoms with Crippen LogP contribution in [-0.2, 0) is 0 Å². The highest BCUT2D eigenvalue weighted by molar-refractivity contribution is 5.73. The Bertz CT molecular complexity index is 1110. The Hall–Kier alpha value is -3.62. The molecule has 0 spiro atoms. The average molecular weight is 376 g/mol. The van der Waals surface area contributed by atoms with E-state index in [0.29, 0.717) is 6.07 Å². The zero-order valence-electron chi connectivity index (χ0n) is 13.8. The molecule has 0 saturated heterocycles. The van der Waals surface area contributed by atoms with Crippen molar-refractivity contribution in [3.63, 3.8) is 0 Å². The third kappa shape index (κ3) is 3.52. The molecule has 2 aromatic carbocycles. The predicted molar refractivity (Wildman–Crippen MR) is 90.3 cm³/mol.